The molecule has 3 unspecified atom stereocenters. The molecule has 1 aliphatic heterocycles. The van der Waals surface area contributed by atoms with Crippen LogP contribution in [0.1, 0.15) is 146 Å². The van der Waals surface area contributed by atoms with Crippen LogP contribution in [0.25, 0.3) is 20.8 Å². The van der Waals surface area contributed by atoms with E-state index in [1.807, 2.05) is 92.5 Å². The Morgan fingerprint density at radius 1 is 0.691 bits per heavy atom. The smallest absolute Gasteiger partial charge is 0.407 e. The zero-order valence-corrected chi connectivity index (χ0v) is 50.8. The molecule has 2 aromatic heterocycles. The van der Waals surface area contributed by atoms with Crippen LogP contribution in [0.4, 0.5) is 32.0 Å². The van der Waals surface area contributed by atoms with Gasteiger partial charge in [-0.25, -0.2) is 19.4 Å². The quantitative estimate of drug-likeness (QED) is 0.0572. The van der Waals surface area contributed by atoms with Gasteiger partial charge in [-0.3, -0.25) is 14.6 Å². The molecule has 448 valence electrons. The molecule has 2 fully saturated rings. The number of fused-ring (bicyclic) bond motifs is 1. The van der Waals surface area contributed by atoms with E-state index in [1.165, 1.54) is 59.6 Å². The number of aromatic nitrogens is 4. The third-order valence-electron chi connectivity index (χ3n) is 15.7. The standard InChI is InChI=1S/C60H94N12O8S/c1-58(2,3)47-41-70(55(74)75)37-35-69(36-38-71(56(76)77)49(59(4,5)6)50(60(7,8)9)72(47)57(78)79)34-22-32-61-48(73)31-33-62-52-65-53(63-43-23-18-16-14-12-11-13-15-17-19-24-43)67-54(66-52)80-40-39-68(10)44-29-27-42(28-30-44)51-64-45-25-20-21-26-46(45)81-51/h20-21,25-30,43,47,49-50H,11-19,22-24,31-41H2,1-10H3,(H,61,73)(H,74,75)(H,76,77)(H,78,79)(H2,62,63,65,66,67). The van der Waals surface area contributed by atoms with E-state index in [-0.39, 0.29) is 63.6 Å². The van der Waals surface area contributed by atoms with Gasteiger partial charge >= 0.3 is 24.3 Å². The maximum Gasteiger partial charge on any atom is 0.407 e. The lowest BCUT2D eigenvalue weighted by molar-refractivity contribution is -0.120. The molecule has 1 aliphatic carbocycles. The van der Waals surface area contributed by atoms with Crippen molar-refractivity contribution in [3.8, 4) is 16.6 Å². The molecule has 1 saturated carbocycles. The largest absolute Gasteiger partial charge is 0.465 e. The molecule has 21 heteroatoms. The number of likely N-dealkylation sites (N-methyl/N-ethyl adjacent to an activating group) is 1. The number of benzene rings is 2. The highest BCUT2D eigenvalue weighted by molar-refractivity contribution is 7.21. The molecule has 1 saturated heterocycles. The molecule has 2 aromatic carbocycles. The van der Waals surface area contributed by atoms with Crippen molar-refractivity contribution in [2.24, 2.45) is 16.2 Å². The molecule has 0 radical (unpaired) electrons. The fraction of sp³-hybridized carbons (Fsp3) is 0.667. The molecular weight excluding hydrogens is 1050 g/mol. The summed E-state index contributed by atoms with van der Waals surface area (Å²) in [4.78, 5) is 80.2. The number of rotatable bonds is 16. The van der Waals surface area contributed by atoms with E-state index >= 15 is 0 Å². The van der Waals surface area contributed by atoms with Crippen LogP contribution in [0.5, 0.6) is 6.01 Å². The van der Waals surface area contributed by atoms with E-state index in [2.05, 4.69) is 56.2 Å². The third-order valence-corrected chi connectivity index (χ3v) is 16.8. The number of ether oxygens (including phenoxy) is 1. The average Bonchev–Trinajstić information content (AvgIpc) is 4.02. The zero-order chi connectivity index (χ0) is 58.9. The van der Waals surface area contributed by atoms with Crippen LogP contribution in [-0.2, 0) is 4.79 Å². The Balaban J connectivity index is 1.09. The number of thiazole rings is 1. The second kappa shape index (κ2) is 29.7. The lowest BCUT2D eigenvalue weighted by Gasteiger charge is -2.55. The molecule has 20 nitrogen and oxygen atoms in total. The summed E-state index contributed by atoms with van der Waals surface area (Å²) in [6.07, 6.45) is 10.2. The van der Waals surface area contributed by atoms with E-state index in [4.69, 9.17) is 19.7 Å². The van der Waals surface area contributed by atoms with Crippen molar-refractivity contribution in [3.05, 3.63) is 48.5 Å². The number of hydrogen-bond donors (Lipinski definition) is 6. The van der Waals surface area contributed by atoms with Crippen molar-refractivity contribution in [1.29, 1.82) is 0 Å². The summed E-state index contributed by atoms with van der Waals surface area (Å²) >= 11 is 1.68. The highest BCUT2D eigenvalue weighted by atomic mass is 32.1. The average molecular weight is 1140 g/mol. The Morgan fingerprint density at radius 3 is 1.90 bits per heavy atom. The molecule has 4 amide bonds. The van der Waals surface area contributed by atoms with Crippen molar-refractivity contribution >= 4 is 63.3 Å². The molecule has 0 bridgehead atoms. The molecule has 4 aromatic rings. The molecule has 6 rings (SSSR count). The maximum absolute atomic E-state index is 13.5. The van der Waals surface area contributed by atoms with Crippen molar-refractivity contribution in [1.82, 2.24) is 44.9 Å². The van der Waals surface area contributed by atoms with Gasteiger partial charge in [0, 0.05) is 76.6 Å². The summed E-state index contributed by atoms with van der Waals surface area (Å²) in [7, 11) is 2.02. The number of nitrogens with one attached hydrogen (secondary N) is 3. The van der Waals surface area contributed by atoms with Gasteiger partial charge in [-0.2, -0.15) is 15.0 Å². The predicted molar refractivity (Wildman–Crippen MR) is 323 cm³/mol. The van der Waals surface area contributed by atoms with Gasteiger partial charge in [-0.15, -0.1) is 11.3 Å². The zero-order valence-electron chi connectivity index (χ0n) is 50.0. The number of amides is 4. The number of anilines is 3. The third kappa shape index (κ3) is 19.5. The summed E-state index contributed by atoms with van der Waals surface area (Å²) in [5.41, 5.74) is 0.915. The van der Waals surface area contributed by atoms with Crippen LogP contribution in [0, 0.1) is 16.2 Å². The van der Waals surface area contributed by atoms with Gasteiger partial charge in [0.15, 0.2) is 0 Å². The Kier molecular flexibility index (Phi) is 23.4. The normalized spacial score (nSPS) is 19.3. The van der Waals surface area contributed by atoms with Crippen molar-refractivity contribution < 1.29 is 39.2 Å². The topological polar surface area (TPSA) is 242 Å². The number of carbonyl (C=O) groups excluding carboxylic acids is 1. The second-order valence-electron chi connectivity index (χ2n) is 25.3. The minimum absolute atomic E-state index is 0.0583. The maximum atomic E-state index is 13.5. The number of carboxylic acid groups (broad SMARTS) is 3. The van der Waals surface area contributed by atoms with E-state index in [1.54, 1.807) is 11.3 Å². The highest BCUT2D eigenvalue weighted by Gasteiger charge is 2.52. The SMILES string of the molecule is CN(CCOc1nc(NCCC(=O)NCCCN2CCN(C(=O)O)CC(C(C)(C)C)N(C(=O)O)C(C(C)(C)C)C(C(C)(C)C)N(C(=O)O)CC2)nc(NC2CCCCCCCCCCC2)n1)c1ccc(-c2nc3ccccc3s2)cc1. The fourth-order valence-electron chi connectivity index (χ4n) is 11.3. The molecule has 0 spiro atoms. The minimum atomic E-state index is -1.23. The first-order chi connectivity index (χ1) is 38.4. The van der Waals surface area contributed by atoms with Gasteiger partial charge in [0.2, 0.25) is 17.8 Å². The summed E-state index contributed by atoms with van der Waals surface area (Å²) < 4.78 is 7.39. The van der Waals surface area contributed by atoms with Crippen LogP contribution in [0.2, 0.25) is 0 Å². The summed E-state index contributed by atoms with van der Waals surface area (Å²) in [5.74, 6) is 0.549. The van der Waals surface area contributed by atoms with E-state index in [0.717, 1.165) is 52.2 Å². The first-order valence-corrected chi connectivity index (χ1v) is 30.2. The van der Waals surface area contributed by atoms with Crippen LogP contribution >= 0.6 is 11.3 Å². The Hall–Kier alpha value is -6.22. The molecule has 6 N–H and O–H groups in total. The van der Waals surface area contributed by atoms with Gasteiger partial charge in [0.1, 0.15) is 11.6 Å². The fourth-order valence-corrected chi connectivity index (χ4v) is 12.2. The van der Waals surface area contributed by atoms with Crippen molar-refractivity contribution in [3.63, 3.8) is 0 Å². The van der Waals surface area contributed by atoms with Crippen molar-refractivity contribution in [2.45, 2.75) is 170 Å². The number of para-hydroxylation sites is 1. The molecule has 3 atom stereocenters. The van der Waals surface area contributed by atoms with Crippen LogP contribution < -0.4 is 25.6 Å². The van der Waals surface area contributed by atoms with Gasteiger partial charge in [0.05, 0.1) is 34.9 Å². The Bertz CT molecular complexity index is 2590. The van der Waals surface area contributed by atoms with E-state index in [0.29, 0.717) is 44.6 Å². The highest BCUT2D eigenvalue weighted by Crippen LogP contribution is 2.42. The van der Waals surface area contributed by atoms with Gasteiger partial charge < -0.3 is 50.7 Å². The summed E-state index contributed by atoms with van der Waals surface area (Å²) in [5, 5.41) is 43.3. The Labute approximate surface area is 484 Å². The van der Waals surface area contributed by atoms with Gasteiger partial charge in [-0.05, 0) is 78.5 Å². The van der Waals surface area contributed by atoms with Crippen molar-refractivity contribution in [2.75, 3.05) is 88.1 Å². The van der Waals surface area contributed by atoms with Crippen LogP contribution in [0.3, 0.4) is 0 Å². The van der Waals surface area contributed by atoms with Crippen LogP contribution in [0.15, 0.2) is 48.5 Å². The van der Waals surface area contributed by atoms with Gasteiger partial charge in [0.25, 0.3) is 0 Å². The number of hydrogen-bond acceptors (Lipinski definition) is 14. The number of carbonyl (C=O) groups is 4. The van der Waals surface area contributed by atoms with E-state index in [9.17, 15) is 34.5 Å². The molecule has 2 aliphatic rings. The minimum Gasteiger partial charge on any atom is -0.465 e. The first-order valence-electron chi connectivity index (χ1n) is 29.4. The monoisotopic (exact) mass is 1140 g/mol. The molecule has 81 heavy (non-hydrogen) atoms. The summed E-state index contributed by atoms with van der Waals surface area (Å²) in [6.45, 7) is 19.7. The lowest BCUT2D eigenvalue weighted by Crippen LogP contribution is -2.69. The number of nitrogens with zero attached hydrogens (tertiary/aromatic N) is 9. The lowest BCUT2D eigenvalue weighted by atomic mass is 9.69. The van der Waals surface area contributed by atoms with E-state index < -0.39 is 52.7 Å². The molecule has 3 heterocycles. The van der Waals surface area contributed by atoms with Gasteiger partial charge in [-0.1, -0.05) is 132 Å². The molecular formula is C60H94N12O8S. The summed E-state index contributed by atoms with van der Waals surface area (Å²) in [6, 6.07) is 14.5. The first kappa shape index (κ1) is 64.0. The van der Waals surface area contributed by atoms with Crippen LogP contribution in [-0.4, -0.2) is 176 Å². The Morgan fingerprint density at radius 2 is 1.31 bits per heavy atom. The second-order valence-corrected chi connectivity index (χ2v) is 26.3. The predicted octanol–water partition coefficient (Wildman–Crippen LogP) is 11.6.